The zero-order valence-electron chi connectivity index (χ0n) is 33.6. The fourth-order valence-corrected chi connectivity index (χ4v) is 13.0. The van der Waals surface area contributed by atoms with Crippen LogP contribution in [-0.2, 0) is 40.8 Å². The number of unbranched alkanes of at least 4 members (excludes halogenated alkanes) is 1. The van der Waals surface area contributed by atoms with Crippen LogP contribution in [-0.4, -0.2) is 76.4 Å². The molecule has 20 heteroatoms. The first-order valence-corrected chi connectivity index (χ1v) is 25.5. The van der Waals surface area contributed by atoms with Crippen LogP contribution in [0.2, 0.25) is 15.1 Å². The van der Waals surface area contributed by atoms with E-state index in [-0.39, 0.29) is 28.0 Å². The number of ether oxygens (including phenoxy) is 1. The Kier molecular flexibility index (Phi) is 14.1. The SMILES string of the molecule is C=C(C(=O)NCCCC[n+]1c(/C=C2\Sc3ccc(Cl)cc3[N+]23CCC3S(=O)(=O)O)sc2ccc(Cl)cc21)N(c1ccc(C=O)cc1)C(C)C(=O)OCCS(=O)(=O)c1ccc(Cl)cc1. The van der Waals surface area contributed by atoms with Gasteiger partial charge in [0.05, 0.1) is 34.6 Å². The molecule has 0 aliphatic carbocycles. The average Bonchev–Trinajstić information content (AvgIpc) is 3.74. The van der Waals surface area contributed by atoms with Crippen molar-refractivity contribution in [2.24, 2.45) is 0 Å². The molecule has 1 amide bonds. The number of thioether (sulfide) groups is 1. The molecule has 0 saturated carbocycles. The third-order valence-electron chi connectivity index (χ3n) is 10.9. The van der Waals surface area contributed by atoms with E-state index < -0.39 is 55.6 Å². The number of aldehydes is 1. The van der Waals surface area contributed by atoms with Crippen molar-refractivity contribution < 1.29 is 45.1 Å². The standard InChI is InChI=1S/C43H39Cl3N4O9S4/c1-27(49(33-11-5-29(26-51)6-12-33)28(2)43(53)59-21-22-62(54,55)34-13-7-30(44)8-14-34)42(52)47-18-3-4-19-48-35-23-31(45)9-15-37(35)60-39(48)25-40-50(20-17-41(50)63(56,57)58)36-24-32(46)10-16-38(36)61-40/h5-16,23-26,28,41H,1,3-4,17-22H2,2H3/p+2/b40-25-. The van der Waals surface area contributed by atoms with E-state index in [0.29, 0.717) is 58.5 Å². The summed E-state index contributed by atoms with van der Waals surface area (Å²) in [5, 5.41) is 4.77. The number of aromatic nitrogens is 1. The number of sulfone groups is 1. The second-order valence-corrected chi connectivity index (χ2v) is 22.0. The summed E-state index contributed by atoms with van der Waals surface area (Å²) < 4.78 is 69.7. The number of nitrogens with zero attached hydrogens (tertiary/aromatic N) is 3. The maximum atomic E-state index is 13.6. The summed E-state index contributed by atoms with van der Waals surface area (Å²) in [4.78, 5) is 40.6. The van der Waals surface area contributed by atoms with Crippen LogP contribution in [0, 0.1) is 0 Å². The van der Waals surface area contributed by atoms with E-state index >= 15 is 0 Å². The van der Waals surface area contributed by atoms with Gasteiger partial charge in [-0.3, -0.25) is 14.1 Å². The van der Waals surface area contributed by atoms with Crippen LogP contribution >= 0.6 is 57.9 Å². The Bertz CT molecular complexity index is 2870. The highest BCUT2D eigenvalue weighted by Gasteiger charge is 2.62. The maximum Gasteiger partial charge on any atom is 0.328 e. The number of fused-ring (bicyclic) bond motifs is 3. The number of hydrogen-bond donors (Lipinski definition) is 2. The van der Waals surface area contributed by atoms with E-state index in [9.17, 15) is 35.8 Å². The molecule has 2 N–H and O–H groups in total. The number of quaternary nitrogens is 1. The van der Waals surface area contributed by atoms with Gasteiger partial charge in [-0.05, 0) is 97.9 Å². The van der Waals surface area contributed by atoms with Gasteiger partial charge in [0.15, 0.2) is 27.1 Å². The number of hydrogen-bond acceptors (Lipinski definition) is 11. The van der Waals surface area contributed by atoms with Crippen molar-refractivity contribution >= 4 is 124 Å². The number of carbonyl (C=O) groups is 3. The molecule has 5 aromatic rings. The van der Waals surface area contributed by atoms with Crippen molar-refractivity contribution in [1.29, 1.82) is 0 Å². The molecule has 63 heavy (non-hydrogen) atoms. The molecule has 1 fully saturated rings. The van der Waals surface area contributed by atoms with Gasteiger partial charge in [-0.15, -0.1) is 0 Å². The minimum atomic E-state index is -4.41. The lowest BCUT2D eigenvalue weighted by molar-refractivity contribution is -0.669. The zero-order chi connectivity index (χ0) is 45.3. The molecule has 3 heterocycles. The molecular formula is C43H41Cl3N4O9S4+2. The van der Waals surface area contributed by atoms with Crippen LogP contribution in [0.1, 0.15) is 41.6 Å². The maximum absolute atomic E-state index is 13.6. The predicted octanol–water partition coefficient (Wildman–Crippen LogP) is 8.31. The van der Waals surface area contributed by atoms with Crippen LogP contribution in [0.25, 0.3) is 16.3 Å². The van der Waals surface area contributed by atoms with Crippen molar-refractivity contribution in [3.8, 4) is 0 Å². The molecule has 3 atom stereocenters. The fourth-order valence-electron chi connectivity index (χ4n) is 7.63. The third-order valence-corrected chi connectivity index (χ3v) is 16.9. The van der Waals surface area contributed by atoms with E-state index in [1.165, 1.54) is 71.3 Å². The summed E-state index contributed by atoms with van der Waals surface area (Å²) in [6.45, 7) is 6.25. The van der Waals surface area contributed by atoms with Gasteiger partial charge in [-0.25, -0.2) is 17.7 Å². The number of esters is 1. The Labute approximate surface area is 388 Å². The van der Waals surface area contributed by atoms with Gasteiger partial charge in [0.1, 0.15) is 29.3 Å². The monoisotopic (exact) mass is 990 g/mol. The summed E-state index contributed by atoms with van der Waals surface area (Å²) >= 11 is 21.7. The third kappa shape index (κ3) is 9.87. The zero-order valence-corrected chi connectivity index (χ0v) is 39.1. The Morgan fingerprint density at radius 2 is 1.67 bits per heavy atom. The molecular weight excluding hydrogens is 951 g/mol. The molecule has 2 aliphatic heterocycles. The van der Waals surface area contributed by atoms with Gasteiger partial charge in [0, 0.05) is 51.4 Å². The first-order valence-electron chi connectivity index (χ1n) is 19.6. The lowest BCUT2D eigenvalue weighted by Crippen LogP contribution is -2.66. The summed E-state index contributed by atoms with van der Waals surface area (Å²) in [7, 11) is -8.20. The van der Waals surface area contributed by atoms with Gasteiger partial charge in [-0.1, -0.05) is 52.7 Å². The van der Waals surface area contributed by atoms with Crippen molar-refractivity contribution in [3.05, 3.63) is 128 Å². The van der Waals surface area contributed by atoms with Crippen molar-refractivity contribution in [3.63, 3.8) is 0 Å². The normalized spacial score (nSPS) is 18.2. The Morgan fingerprint density at radius 1 is 0.984 bits per heavy atom. The summed E-state index contributed by atoms with van der Waals surface area (Å²) in [6, 6.07) is 21.7. The Morgan fingerprint density at radius 3 is 2.33 bits per heavy atom. The van der Waals surface area contributed by atoms with E-state index in [4.69, 9.17) is 39.5 Å². The van der Waals surface area contributed by atoms with Gasteiger partial charge >= 0.3 is 16.1 Å². The van der Waals surface area contributed by atoms with Crippen LogP contribution in [0.15, 0.2) is 112 Å². The van der Waals surface area contributed by atoms with E-state index in [0.717, 1.165) is 30.8 Å². The highest BCUT2D eigenvalue weighted by molar-refractivity contribution is 8.03. The number of anilines is 1. The molecule has 13 nitrogen and oxygen atoms in total. The quantitative estimate of drug-likeness (QED) is 0.0175. The number of thiazole rings is 1. The topological polar surface area (TPSA) is 168 Å². The molecule has 3 unspecified atom stereocenters. The second kappa shape index (κ2) is 19.0. The number of rotatable bonds is 17. The van der Waals surface area contributed by atoms with E-state index in [1.54, 1.807) is 30.3 Å². The molecule has 1 saturated heterocycles. The highest BCUT2D eigenvalue weighted by Crippen LogP contribution is 2.58. The molecule has 4 aromatic carbocycles. The fraction of sp³-hybridized carbons (Fsp3) is 0.256. The lowest BCUT2D eigenvalue weighted by Gasteiger charge is -2.47. The molecule has 1 spiro atoms. The summed E-state index contributed by atoms with van der Waals surface area (Å²) in [6.07, 6.45) is 4.04. The largest absolute Gasteiger partial charge is 0.463 e. The van der Waals surface area contributed by atoms with Crippen molar-refractivity contribution in [1.82, 2.24) is 9.80 Å². The van der Waals surface area contributed by atoms with Crippen LogP contribution in [0.5, 0.6) is 0 Å². The molecule has 7 rings (SSSR count). The number of amides is 1. The van der Waals surface area contributed by atoms with Crippen molar-refractivity contribution in [2.75, 3.05) is 30.3 Å². The minimum absolute atomic E-state index is 0.0284. The molecule has 0 radical (unpaired) electrons. The van der Waals surface area contributed by atoms with Gasteiger partial charge in [-0.2, -0.15) is 13.0 Å². The Balaban J connectivity index is 1.04. The van der Waals surface area contributed by atoms with Gasteiger partial charge < -0.3 is 15.0 Å². The van der Waals surface area contributed by atoms with E-state index in [1.807, 2.05) is 24.3 Å². The number of aryl methyl sites for hydroxylation is 1. The number of carbonyl (C=O) groups excluding carboxylic acids is 3. The first kappa shape index (κ1) is 46.7. The minimum Gasteiger partial charge on any atom is -0.463 e. The van der Waals surface area contributed by atoms with Crippen molar-refractivity contribution in [2.45, 2.75) is 53.9 Å². The lowest BCUT2D eigenvalue weighted by atomic mass is 10.1. The Hall–Kier alpha value is -4.30. The number of nitrogens with one attached hydrogen (secondary N) is 1. The highest BCUT2D eigenvalue weighted by atomic mass is 35.5. The second-order valence-electron chi connectivity index (χ2n) is 14.9. The van der Waals surface area contributed by atoms with E-state index in [2.05, 4.69) is 16.5 Å². The average molecular weight is 992 g/mol. The summed E-state index contributed by atoms with van der Waals surface area (Å²) in [5.41, 5.74) is 2.26. The molecule has 2 aliphatic rings. The molecule has 0 bridgehead atoms. The smallest absolute Gasteiger partial charge is 0.328 e. The van der Waals surface area contributed by atoms with Gasteiger partial charge in [0.25, 0.3) is 10.9 Å². The number of halogens is 3. The van der Waals surface area contributed by atoms with Crippen LogP contribution < -0.4 is 19.3 Å². The molecule has 330 valence electrons. The summed E-state index contributed by atoms with van der Waals surface area (Å²) in [5.74, 6) is -1.86. The predicted molar refractivity (Wildman–Crippen MR) is 249 cm³/mol. The van der Waals surface area contributed by atoms with Crippen LogP contribution in [0.3, 0.4) is 0 Å². The van der Waals surface area contributed by atoms with Crippen LogP contribution in [0.4, 0.5) is 11.4 Å². The van der Waals surface area contributed by atoms with Gasteiger partial charge in [0.2, 0.25) is 10.9 Å². The first-order chi connectivity index (χ1) is 29.9. The molecule has 1 aromatic heterocycles. The number of benzene rings is 4.